The van der Waals surface area contributed by atoms with Crippen molar-refractivity contribution in [1.29, 1.82) is 0 Å². The number of halogens is 1. The van der Waals surface area contributed by atoms with E-state index in [1.807, 2.05) is 54.6 Å². The van der Waals surface area contributed by atoms with Crippen molar-refractivity contribution in [1.82, 2.24) is 14.6 Å². The number of hydrogen-bond acceptors (Lipinski definition) is 6. The first-order valence-corrected chi connectivity index (χ1v) is 11.8. The quantitative estimate of drug-likeness (QED) is 0.356. The molecule has 0 aliphatic rings. The van der Waals surface area contributed by atoms with Crippen molar-refractivity contribution in [2.24, 2.45) is 5.92 Å². The normalized spacial score (nSPS) is 12.3. The van der Waals surface area contributed by atoms with Gasteiger partial charge in [-0.05, 0) is 59.9 Å². The summed E-state index contributed by atoms with van der Waals surface area (Å²) in [6, 6.07) is 13.1. The Kier molecular flexibility index (Phi) is 7.11. The topological polar surface area (TPSA) is 65.7 Å². The molecule has 0 N–H and O–H groups in total. The number of benzene rings is 2. The maximum atomic E-state index is 12.8. The van der Waals surface area contributed by atoms with Gasteiger partial charge in [0.15, 0.2) is 17.3 Å². The van der Waals surface area contributed by atoms with Crippen LogP contribution >= 0.6 is 22.9 Å². The second-order valence-corrected chi connectivity index (χ2v) is 9.35. The lowest BCUT2D eigenvalue weighted by Crippen LogP contribution is -2.23. The smallest absolute Gasteiger partial charge is 0.291 e. The van der Waals surface area contributed by atoms with Gasteiger partial charge in [-0.15, -0.1) is 5.10 Å². The molecule has 2 heterocycles. The van der Waals surface area contributed by atoms with Gasteiger partial charge >= 0.3 is 0 Å². The molecule has 33 heavy (non-hydrogen) atoms. The highest BCUT2D eigenvalue weighted by Gasteiger charge is 2.10. The number of ether oxygens (including phenoxy) is 2. The molecule has 0 aliphatic carbocycles. The van der Waals surface area contributed by atoms with E-state index in [9.17, 15) is 4.79 Å². The van der Waals surface area contributed by atoms with Crippen LogP contribution in [-0.2, 0) is 0 Å². The Hall–Kier alpha value is -3.16. The van der Waals surface area contributed by atoms with E-state index in [0.29, 0.717) is 44.4 Å². The third kappa shape index (κ3) is 5.61. The van der Waals surface area contributed by atoms with E-state index in [2.05, 4.69) is 23.9 Å². The molecular formula is C25H24ClN3O3S. The summed E-state index contributed by atoms with van der Waals surface area (Å²) in [5, 5.41) is 5.01. The van der Waals surface area contributed by atoms with Crippen molar-refractivity contribution < 1.29 is 9.47 Å². The number of fused-ring (bicyclic) bond motifs is 1. The van der Waals surface area contributed by atoms with Gasteiger partial charge in [0.25, 0.3) is 5.56 Å². The van der Waals surface area contributed by atoms with E-state index in [1.165, 1.54) is 15.9 Å². The summed E-state index contributed by atoms with van der Waals surface area (Å²) < 4.78 is 13.2. The van der Waals surface area contributed by atoms with E-state index < -0.39 is 0 Å². The number of methoxy groups -OCH3 is 1. The van der Waals surface area contributed by atoms with Gasteiger partial charge < -0.3 is 9.47 Å². The van der Waals surface area contributed by atoms with E-state index in [1.54, 1.807) is 13.2 Å². The molecule has 4 aromatic rings. The summed E-state index contributed by atoms with van der Waals surface area (Å²) in [7, 11) is 1.61. The molecule has 0 spiro atoms. The first kappa shape index (κ1) is 23.0. The lowest BCUT2D eigenvalue weighted by atomic mass is 10.1. The van der Waals surface area contributed by atoms with Gasteiger partial charge in [0.05, 0.1) is 18.2 Å². The maximum absolute atomic E-state index is 12.8. The van der Waals surface area contributed by atoms with Gasteiger partial charge in [-0.25, -0.2) is 0 Å². The molecule has 2 aromatic heterocycles. The van der Waals surface area contributed by atoms with Gasteiger partial charge in [-0.2, -0.15) is 9.50 Å². The minimum absolute atomic E-state index is 0.204. The number of thiazole rings is 1. The SMILES string of the molecule is COc1cc(/C=c2/sc3nc(/C=C/c4ccc(Cl)cc4)nn3c2=O)ccc1OCCC(C)C. The Morgan fingerprint density at radius 1 is 1.09 bits per heavy atom. The average Bonchev–Trinajstić information content (AvgIpc) is 3.32. The molecule has 0 aliphatic heterocycles. The first-order chi connectivity index (χ1) is 15.9. The van der Waals surface area contributed by atoms with Crippen LogP contribution in [0, 0.1) is 5.92 Å². The van der Waals surface area contributed by atoms with Crippen molar-refractivity contribution in [2.45, 2.75) is 20.3 Å². The van der Waals surface area contributed by atoms with Crippen LogP contribution in [-0.4, -0.2) is 28.3 Å². The van der Waals surface area contributed by atoms with Crippen LogP contribution in [0.4, 0.5) is 0 Å². The van der Waals surface area contributed by atoms with E-state index in [0.717, 1.165) is 17.5 Å². The minimum atomic E-state index is -0.204. The summed E-state index contributed by atoms with van der Waals surface area (Å²) in [6.07, 6.45) is 6.43. The number of rotatable bonds is 8. The summed E-state index contributed by atoms with van der Waals surface area (Å²) >= 11 is 7.21. The lowest BCUT2D eigenvalue weighted by molar-refractivity contribution is 0.273. The molecule has 4 rings (SSSR count). The molecule has 0 atom stereocenters. The number of aromatic nitrogens is 3. The Morgan fingerprint density at radius 2 is 1.85 bits per heavy atom. The standard InChI is InChI=1S/C25H24ClN3O3S/c1-16(2)12-13-32-20-10-6-18(14-21(20)31-3)15-22-24(30)29-25(33-22)27-23(28-29)11-7-17-4-8-19(26)9-5-17/h4-11,14-16H,12-13H2,1-3H3/b11-7+,22-15+. The summed E-state index contributed by atoms with van der Waals surface area (Å²) in [4.78, 5) is 17.8. The van der Waals surface area contributed by atoms with Crippen LogP contribution in [0.5, 0.6) is 11.5 Å². The highest BCUT2D eigenvalue weighted by molar-refractivity contribution is 7.15. The predicted molar refractivity (Wildman–Crippen MR) is 134 cm³/mol. The zero-order valence-electron chi connectivity index (χ0n) is 18.6. The molecule has 0 bridgehead atoms. The van der Waals surface area contributed by atoms with Crippen LogP contribution < -0.4 is 19.6 Å². The zero-order chi connectivity index (χ0) is 23.4. The van der Waals surface area contributed by atoms with Crippen molar-refractivity contribution in [3.05, 3.63) is 79.3 Å². The highest BCUT2D eigenvalue weighted by atomic mass is 35.5. The Morgan fingerprint density at radius 3 is 2.55 bits per heavy atom. The summed E-state index contributed by atoms with van der Waals surface area (Å²) in [6.45, 7) is 4.94. The second-order valence-electron chi connectivity index (χ2n) is 7.91. The molecule has 8 heteroatoms. The lowest BCUT2D eigenvalue weighted by Gasteiger charge is -2.12. The minimum Gasteiger partial charge on any atom is -0.493 e. The van der Waals surface area contributed by atoms with Crippen LogP contribution in [0.3, 0.4) is 0 Å². The van der Waals surface area contributed by atoms with Crippen molar-refractivity contribution in [3.8, 4) is 11.5 Å². The highest BCUT2D eigenvalue weighted by Crippen LogP contribution is 2.28. The van der Waals surface area contributed by atoms with E-state index in [-0.39, 0.29) is 5.56 Å². The summed E-state index contributed by atoms with van der Waals surface area (Å²) in [5.74, 6) is 2.37. The van der Waals surface area contributed by atoms with Gasteiger partial charge in [0.2, 0.25) is 4.96 Å². The first-order valence-electron chi connectivity index (χ1n) is 10.6. The van der Waals surface area contributed by atoms with Gasteiger partial charge in [0, 0.05) is 5.02 Å². The van der Waals surface area contributed by atoms with Crippen molar-refractivity contribution in [3.63, 3.8) is 0 Å². The van der Waals surface area contributed by atoms with Gasteiger partial charge in [-0.3, -0.25) is 4.79 Å². The zero-order valence-corrected chi connectivity index (χ0v) is 20.2. The van der Waals surface area contributed by atoms with E-state index in [4.69, 9.17) is 21.1 Å². The average molecular weight is 482 g/mol. The third-order valence-electron chi connectivity index (χ3n) is 4.93. The molecule has 0 unspecified atom stereocenters. The second kappa shape index (κ2) is 10.2. The third-order valence-corrected chi connectivity index (χ3v) is 6.14. The molecule has 170 valence electrons. The fourth-order valence-corrected chi connectivity index (χ4v) is 4.15. The van der Waals surface area contributed by atoms with Crippen molar-refractivity contribution in [2.75, 3.05) is 13.7 Å². The molecule has 2 aromatic carbocycles. The fourth-order valence-electron chi connectivity index (χ4n) is 3.11. The van der Waals surface area contributed by atoms with Crippen molar-refractivity contribution >= 4 is 46.1 Å². The largest absolute Gasteiger partial charge is 0.493 e. The van der Waals surface area contributed by atoms with Crippen LogP contribution in [0.2, 0.25) is 5.02 Å². The molecule has 0 fully saturated rings. The summed E-state index contributed by atoms with van der Waals surface area (Å²) in [5.41, 5.74) is 1.61. The number of hydrogen-bond donors (Lipinski definition) is 0. The van der Waals surface area contributed by atoms with Gasteiger partial charge in [-0.1, -0.05) is 61.1 Å². The molecule has 0 radical (unpaired) electrons. The Labute approximate surface area is 200 Å². The van der Waals surface area contributed by atoms with Crippen LogP contribution in [0.15, 0.2) is 47.3 Å². The van der Waals surface area contributed by atoms with E-state index >= 15 is 0 Å². The monoisotopic (exact) mass is 481 g/mol. The van der Waals surface area contributed by atoms with Crippen LogP contribution in [0.25, 0.3) is 23.2 Å². The Balaban J connectivity index is 1.56. The molecule has 6 nitrogen and oxygen atoms in total. The van der Waals surface area contributed by atoms with Crippen LogP contribution in [0.1, 0.15) is 37.2 Å². The number of nitrogens with zero attached hydrogens (tertiary/aromatic N) is 3. The molecule has 0 saturated heterocycles. The predicted octanol–water partition coefficient (Wildman–Crippen LogP) is 4.96. The maximum Gasteiger partial charge on any atom is 0.291 e. The molecular weight excluding hydrogens is 458 g/mol. The fraction of sp³-hybridized carbons (Fsp3) is 0.240. The molecule has 0 amide bonds. The molecule has 0 saturated carbocycles. The Bertz CT molecular complexity index is 1390. The van der Waals surface area contributed by atoms with Gasteiger partial charge in [0.1, 0.15) is 0 Å².